The van der Waals surface area contributed by atoms with E-state index in [4.69, 9.17) is 4.74 Å². The molecule has 0 unspecified atom stereocenters. The fourth-order valence-corrected chi connectivity index (χ4v) is 2.12. The van der Waals surface area contributed by atoms with Gasteiger partial charge < -0.3 is 10.1 Å². The van der Waals surface area contributed by atoms with Crippen LogP contribution in [0, 0.1) is 0 Å². The van der Waals surface area contributed by atoms with Crippen LogP contribution in [0.2, 0.25) is 0 Å². The molecule has 1 amide bonds. The first-order valence-electron chi connectivity index (χ1n) is 7.66. The van der Waals surface area contributed by atoms with Crippen molar-refractivity contribution in [2.45, 2.75) is 20.3 Å². The molecule has 0 fully saturated rings. The van der Waals surface area contributed by atoms with Gasteiger partial charge in [-0.15, -0.1) is 0 Å². The molecule has 0 heterocycles. The maximum atomic E-state index is 12.1. The average Bonchev–Trinajstić information content (AvgIpc) is 2.59. The Kier molecular flexibility index (Phi) is 5.84. The molecule has 24 heavy (non-hydrogen) atoms. The molecule has 0 aliphatic rings. The summed E-state index contributed by atoms with van der Waals surface area (Å²) in [4.78, 5) is 34.6. The third-order valence-corrected chi connectivity index (χ3v) is 3.39. The van der Waals surface area contributed by atoms with Crippen LogP contribution in [0.15, 0.2) is 48.5 Å². The third kappa shape index (κ3) is 4.78. The van der Waals surface area contributed by atoms with Crippen molar-refractivity contribution in [3.63, 3.8) is 0 Å². The smallest absolute Gasteiger partial charge is 0.221 e. The molecule has 0 atom stereocenters. The Hall–Kier alpha value is -2.95. The quantitative estimate of drug-likeness (QED) is 0.791. The van der Waals surface area contributed by atoms with Gasteiger partial charge in [0.15, 0.2) is 18.2 Å². The summed E-state index contributed by atoms with van der Waals surface area (Å²) >= 11 is 0. The van der Waals surface area contributed by atoms with Crippen molar-refractivity contribution in [3.05, 3.63) is 59.7 Å². The van der Waals surface area contributed by atoms with Crippen LogP contribution in [0.1, 0.15) is 41.0 Å². The van der Waals surface area contributed by atoms with Crippen LogP contribution in [0.4, 0.5) is 5.69 Å². The Morgan fingerprint density at radius 2 is 1.42 bits per heavy atom. The number of carbonyl (C=O) groups excluding carboxylic acids is 3. The lowest BCUT2D eigenvalue weighted by atomic mass is 10.1. The lowest BCUT2D eigenvalue weighted by Gasteiger charge is -2.07. The Labute approximate surface area is 140 Å². The predicted molar refractivity (Wildman–Crippen MR) is 91.6 cm³/mol. The van der Waals surface area contributed by atoms with Crippen LogP contribution in [0.3, 0.4) is 0 Å². The van der Waals surface area contributed by atoms with E-state index in [1.54, 1.807) is 48.5 Å². The molecule has 0 aliphatic heterocycles. The number of anilines is 1. The van der Waals surface area contributed by atoms with E-state index in [1.165, 1.54) is 6.92 Å². The fourth-order valence-electron chi connectivity index (χ4n) is 2.12. The Morgan fingerprint density at radius 1 is 0.875 bits per heavy atom. The zero-order valence-electron chi connectivity index (χ0n) is 13.7. The second-order valence-electron chi connectivity index (χ2n) is 5.27. The molecule has 5 heteroatoms. The Bertz CT molecular complexity index is 733. The zero-order chi connectivity index (χ0) is 17.5. The SMILES string of the molecule is CCC(=O)c1ccc(OCC(=O)c2ccc(NC(C)=O)cc2)cc1. The topological polar surface area (TPSA) is 72.5 Å². The molecular weight excluding hydrogens is 306 g/mol. The molecular formula is C19H19NO4. The molecule has 0 bridgehead atoms. The lowest BCUT2D eigenvalue weighted by molar-refractivity contribution is -0.114. The predicted octanol–water partition coefficient (Wildman–Crippen LogP) is 3.50. The maximum Gasteiger partial charge on any atom is 0.221 e. The van der Waals surface area contributed by atoms with Gasteiger partial charge in [0, 0.05) is 30.2 Å². The number of hydrogen-bond acceptors (Lipinski definition) is 4. The highest BCUT2D eigenvalue weighted by Gasteiger charge is 2.08. The van der Waals surface area contributed by atoms with E-state index in [0.717, 1.165) is 0 Å². The van der Waals surface area contributed by atoms with Gasteiger partial charge in [0.25, 0.3) is 0 Å². The normalized spacial score (nSPS) is 10.1. The molecule has 0 aliphatic carbocycles. The van der Waals surface area contributed by atoms with E-state index in [9.17, 15) is 14.4 Å². The van der Waals surface area contributed by atoms with E-state index >= 15 is 0 Å². The van der Waals surface area contributed by atoms with Crippen LogP contribution in [0.5, 0.6) is 5.75 Å². The summed E-state index contributed by atoms with van der Waals surface area (Å²) in [6.07, 6.45) is 0.452. The lowest BCUT2D eigenvalue weighted by Crippen LogP contribution is -2.12. The van der Waals surface area contributed by atoms with Crippen molar-refractivity contribution < 1.29 is 19.1 Å². The summed E-state index contributed by atoms with van der Waals surface area (Å²) in [5.41, 5.74) is 1.77. The van der Waals surface area contributed by atoms with Crippen molar-refractivity contribution in [1.29, 1.82) is 0 Å². The number of ketones is 2. The summed E-state index contributed by atoms with van der Waals surface area (Å²) in [6.45, 7) is 3.13. The van der Waals surface area contributed by atoms with Gasteiger partial charge in [-0.2, -0.15) is 0 Å². The number of hydrogen-bond donors (Lipinski definition) is 1. The summed E-state index contributed by atoms with van der Waals surface area (Å²) in [5, 5.41) is 2.64. The summed E-state index contributed by atoms with van der Waals surface area (Å²) < 4.78 is 5.45. The molecule has 2 aromatic rings. The van der Waals surface area contributed by atoms with E-state index in [-0.39, 0.29) is 24.1 Å². The Morgan fingerprint density at radius 3 is 1.96 bits per heavy atom. The van der Waals surface area contributed by atoms with Crippen LogP contribution >= 0.6 is 0 Å². The first-order valence-corrected chi connectivity index (χ1v) is 7.66. The fraction of sp³-hybridized carbons (Fsp3) is 0.211. The summed E-state index contributed by atoms with van der Waals surface area (Å²) in [5.74, 6) is 0.267. The van der Waals surface area contributed by atoms with Gasteiger partial charge in [0.1, 0.15) is 5.75 Å². The summed E-state index contributed by atoms with van der Waals surface area (Å²) in [6, 6.07) is 13.3. The number of rotatable bonds is 7. The average molecular weight is 325 g/mol. The third-order valence-electron chi connectivity index (χ3n) is 3.39. The van der Waals surface area contributed by atoms with Gasteiger partial charge in [0.2, 0.25) is 5.91 Å². The first-order chi connectivity index (χ1) is 11.5. The highest BCUT2D eigenvalue weighted by molar-refractivity contribution is 5.98. The monoisotopic (exact) mass is 325 g/mol. The summed E-state index contributed by atoms with van der Waals surface area (Å²) in [7, 11) is 0. The van der Waals surface area contributed by atoms with Gasteiger partial charge in [-0.1, -0.05) is 6.92 Å². The minimum absolute atomic E-state index is 0.0666. The number of amides is 1. The van der Waals surface area contributed by atoms with Gasteiger partial charge in [-0.25, -0.2) is 0 Å². The molecule has 124 valence electrons. The van der Waals surface area contributed by atoms with Crippen LogP contribution < -0.4 is 10.1 Å². The Balaban J connectivity index is 1.92. The number of nitrogens with one attached hydrogen (secondary N) is 1. The minimum atomic E-state index is -0.168. The highest BCUT2D eigenvalue weighted by Crippen LogP contribution is 2.15. The molecule has 0 aromatic heterocycles. The van der Waals surface area contributed by atoms with Crippen molar-refractivity contribution in [2.24, 2.45) is 0 Å². The molecule has 5 nitrogen and oxygen atoms in total. The van der Waals surface area contributed by atoms with Gasteiger partial charge in [-0.3, -0.25) is 14.4 Å². The molecule has 0 radical (unpaired) electrons. The van der Waals surface area contributed by atoms with Gasteiger partial charge >= 0.3 is 0 Å². The standard InChI is InChI=1S/C19H19NO4/c1-3-18(22)14-6-10-17(11-7-14)24-12-19(23)15-4-8-16(9-5-15)20-13(2)21/h4-11H,3,12H2,1-2H3,(H,20,21). The minimum Gasteiger partial charge on any atom is -0.485 e. The maximum absolute atomic E-state index is 12.1. The van der Waals surface area contributed by atoms with Crippen molar-refractivity contribution in [2.75, 3.05) is 11.9 Å². The largest absolute Gasteiger partial charge is 0.485 e. The molecule has 2 rings (SSSR count). The van der Waals surface area contributed by atoms with Crippen molar-refractivity contribution >= 4 is 23.2 Å². The molecule has 0 spiro atoms. The van der Waals surface area contributed by atoms with E-state index < -0.39 is 0 Å². The van der Waals surface area contributed by atoms with E-state index in [0.29, 0.717) is 29.0 Å². The molecule has 2 aromatic carbocycles. The number of Topliss-reactive ketones (excluding diaryl/α,β-unsaturated/α-hetero) is 2. The second-order valence-corrected chi connectivity index (χ2v) is 5.27. The van der Waals surface area contributed by atoms with Crippen molar-refractivity contribution in [3.8, 4) is 5.75 Å². The second kappa shape index (κ2) is 8.06. The van der Waals surface area contributed by atoms with E-state index in [1.807, 2.05) is 6.92 Å². The number of carbonyl (C=O) groups is 3. The molecule has 1 N–H and O–H groups in total. The molecule has 0 saturated heterocycles. The highest BCUT2D eigenvalue weighted by atomic mass is 16.5. The zero-order valence-corrected chi connectivity index (χ0v) is 13.7. The van der Waals surface area contributed by atoms with Crippen molar-refractivity contribution in [1.82, 2.24) is 0 Å². The number of benzene rings is 2. The molecule has 0 saturated carbocycles. The first kappa shape index (κ1) is 17.4. The van der Waals surface area contributed by atoms with Crippen LogP contribution in [-0.4, -0.2) is 24.1 Å². The number of ether oxygens (including phenoxy) is 1. The van der Waals surface area contributed by atoms with Gasteiger partial charge in [-0.05, 0) is 48.5 Å². The van der Waals surface area contributed by atoms with Gasteiger partial charge in [0.05, 0.1) is 0 Å². The van der Waals surface area contributed by atoms with Crippen LogP contribution in [0.25, 0.3) is 0 Å². The van der Waals surface area contributed by atoms with Crippen LogP contribution in [-0.2, 0) is 4.79 Å². The van der Waals surface area contributed by atoms with E-state index in [2.05, 4.69) is 5.32 Å².